The van der Waals surface area contributed by atoms with E-state index in [2.05, 4.69) is 27.7 Å². The first-order chi connectivity index (χ1) is 21.1. The number of nitrogens with zero attached hydrogens (tertiary/aromatic N) is 7. The van der Waals surface area contributed by atoms with Crippen LogP contribution in [0.25, 0.3) is 27.9 Å². The lowest BCUT2D eigenvalue weighted by molar-refractivity contribution is -0.659. The van der Waals surface area contributed by atoms with Crippen molar-refractivity contribution in [2.75, 3.05) is 13.1 Å². The number of H-pyrrole nitrogens is 1. The highest BCUT2D eigenvalue weighted by Gasteiger charge is 2.46. The molecule has 1 saturated carbocycles. The molecule has 1 aliphatic carbocycles. The zero-order valence-electron chi connectivity index (χ0n) is 23.5. The first kappa shape index (κ1) is 27.4. The number of halogens is 2. The maximum atomic E-state index is 15.4. The first-order valence-corrected chi connectivity index (χ1v) is 15.1. The molecule has 1 aliphatic heterocycles. The molecule has 1 saturated heterocycles. The molecule has 2 aliphatic rings. The van der Waals surface area contributed by atoms with E-state index in [4.69, 9.17) is 21.7 Å². The van der Waals surface area contributed by atoms with Gasteiger partial charge in [0.1, 0.15) is 10.8 Å². The SMILES string of the molecule is O=C([C@@H]1C[C@@H]1CC(c1ccc(-c2c(-[n+]3cnn[nH]3)ccc(Cl)c2F)cn1)n1cc(-c2ccccc2)cn1)N1CCCCC1. The fraction of sp³-hybridized carbons (Fsp3) is 0.312. The Balaban J connectivity index is 1.20. The number of rotatable bonds is 8. The summed E-state index contributed by atoms with van der Waals surface area (Å²) in [6, 6.07) is 16.9. The summed E-state index contributed by atoms with van der Waals surface area (Å²) in [6.07, 6.45) is 12.0. The minimum Gasteiger partial charge on any atom is -0.342 e. The molecule has 1 amide bonds. The van der Waals surface area contributed by atoms with Crippen molar-refractivity contribution in [3.8, 4) is 27.9 Å². The molecule has 11 heteroatoms. The van der Waals surface area contributed by atoms with Crippen molar-refractivity contribution in [1.29, 1.82) is 0 Å². The molecule has 2 fully saturated rings. The van der Waals surface area contributed by atoms with E-state index in [9.17, 15) is 4.79 Å². The van der Waals surface area contributed by atoms with E-state index >= 15 is 4.39 Å². The van der Waals surface area contributed by atoms with Crippen LogP contribution in [0.4, 0.5) is 4.39 Å². The van der Waals surface area contributed by atoms with Gasteiger partial charge in [0.25, 0.3) is 6.33 Å². The van der Waals surface area contributed by atoms with E-state index in [0.29, 0.717) is 16.8 Å². The lowest BCUT2D eigenvalue weighted by atomic mass is 10.0. The van der Waals surface area contributed by atoms with Crippen LogP contribution in [0, 0.1) is 17.7 Å². The van der Waals surface area contributed by atoms with Crippen LogP contribution in [-0.4, -0.2) is 54.2 Å². The Labute approximate surface area is 253 Å². The second kappa shape index (κ2) is 11.7. The Bertz CT molecular complexity index is 1720. The largest absolute Gasteiger partial charge is 0.342 e. The number of carbonyl (C=O) groups excluding carboxylic acids is 1. The summed E-state index contributed by atoms with van der Waals surface area (Å²) in [4.78, 5) is 20.1. The number of pyridine rings is 1. The van der Waals surface area contributed by atoms with Gasteiger partial charge in [-0.1, -0.05) is 53.2 Å². The Morgan fingerprint density at radius 3 is 2.60 bits per heavy atom. The minimum atomic E-state index is -0.552. The molecule has 43 heavy (non-hydrogen) atoms. The standard InChI is InChI=1S/C32H30ClFN8O/c33-26-10-12-28(42-20-36-38-39-42)30(31(26)34)22-9-11-27(35-17-22)29(41-19-24(18-37-41)21-7-3-1-4-8-21)16-23-15-25(23)32(43)40-13-5-2-6-14-40/h1,3-4,7-12,17-20,23,25,29H,2,5-6,13-16H2/p+1/t23-,25-,29?/m1/s1. The number of tetrazole rings is 1. The van der Waals surface area contributed by atoms with Crippen LogP contribution in [0.3, 0.4) is 0 Å². The van der Waals surface area contributed by atoms with Crippen LogP contribution in [0.15, 0.2) is 79.5 Å². The van der Waals surface area contributed by atoms with Crippen molar-refractivity contribution in [1.82, 2.24) is 35.2 Å². The highest BCUT2D eigenvalue weighted by molar-refractivity contribution is 6.31. The van der Waals surface area contributed by atoms with E-state index in [1.54, 1.807) is 12.3 Å². The predicted molar refractivity (Wildman–Crippen MR) is 159 cm³/mol. The normalized spacial score (nSPS) is 18.9. The van der Waals surface area contributed by atoms with Crippen LogP contribution < -0.4 is 4.68 Å². The smallest absolute Gasteiger partial charge is 0.293 e. The Morgan fingerprint density at radius 2 is 1.86 bits per heavy atom. The number of nitrogens with one attached hydrogen (secondary N) is 1. The zero-order valence-corrected chi connectivity index (χ0v) is 24.2. The average molecular weight is 598 g/mol. The van der Waals surface area contributed by atoms with Gasteiger partial charge in [0.15, 0.2) is 11.0 Å². The van der Waals surface area contributed by atoms with Gasteiger partial charge in [-0.3, -0.25) is 14.5 Å². The van der Waals surface area contributed by atoms with Crippen molar-refractivity contribution >= 4 is 17.5 Å². The molecule has 1 N–H and O–H groups in total. The second-order valence-electron chi connectivity index (χ2n) is 11.3. The lowest BCUT2D eigenvalue weighted by Crippen LogP contribution is -2.37. The van der Waals surface area contributed by atoms with Crippen molar-refractivity contribution in [2.24, 2.45) is 11.8 Å². The Kier molecular flexibility index (Phi) is 7.44. The summed E-state index contributed by atoms with van der Waals surface area (Å²) >= 11 is 6.18. The maximum Gasteiger partial charge on any atom is 0.293 e. The quantitative estimate of drug-likeness (QED) is 0.241. The molecule has 3 atom stereocenters. The van der Waals surface area contributed by atoms with Gasteiger partial charge >= 0.3 is 0 Å². The second-order valence-corrected chi connectivity index (χ2v) is 11.8. The number of hydrogen-bond donors (Lipinski definition) is 1. The summed E-state index contributed by atoms with van der Waals surface area (Å²) in [5.41, 5.74) is 4.25. The lowest BCUT2D eigenvalue weighted by Gasteiger charge is -2.27. The van der Waals surface area contributed by atoms with Gasteiger partial charge in [-0.15, -0.1) is 4.68 Å². The zero-order chi connectivity index (χ0) is 29.3. The van der Waals surface area contributed by atoms with Crippen LogP contribution in [0.2, 0.25) is 5.02 Å². The monoisotopic (exact) mass is 597 g/mol. The minimum absolute atomic E-state index is 0.0110. The van der Waals surface area contributed by atoms with Crippen LogP contribution in [0.5, 0.6) is 0 Å². The van der Waals surface area contributed by atoms with Crippen molar-refractivity contribution in [3.63, 3.8) is 0 Å². The van der Waals surface area contributed by atoms with Crippen LogP contribution in [0.1, 0.15) is 43.8 Å². The van der Waals surface area contributed by atoms with E-state index in [1.807, 2.05) is 52.3 Å². The fourth-order valence-electron chi connectivity index (χ4n) is 6.16. The predicted octanol–water partition coefficient (Wildman–Crippen LogP) is 5.43. The average Bonchev–Trinajstić information content (AvgIpc) is 3.39. The topological polar surface area (TPSA) is 96.5 Å². The summed E-state index contributed by atoms with van der Waals surface area (Å²) in [5.74, 6) is 0.0367. The van der Waals surface area contributed by atoms with Crippen molar-refractivity contribution < 1.29 is 13.9 Å². The summed E-state index contributed by atoms with van der Waals surface area (Å²) in [6.45, 7) is 1.73. The highest BCUT2D eigenvalue weighted by Crippen LogP contribution is 2.47. The van der Waals surface area contributed by atoms with E-state index < -0.39 is 5.82 Å². The summed E-state index contributed by atoms with van der Waals surface area (Å²) in [5, 5.41) is 15.0. The van der Waals surface area contributed by atoms with Gasteiger partial charge in [0.05, 0.1) is 28.5 Å². The molecule has 1 unspecified atom stereocenters. The van der Waals surface area contributed by atoms with Gasteiger partial charge < -0.3 is 4.90 Å². The van der Waals surface area contributed by atoms with Crippen molar-refractivity contribution in [2.45, 2.75) is 38.1 Å². The van der Waals surface area contributed by atoms with Gasteiger partial charge in [-0.25, -0.2) is 4.39 Å². The van der Waals surface area contributed by atoms with Crippen molar-refractivity contribution in [3.05, 3.63) is 96.0 Å². The van der Waals surface area contributed by atoms with Gasteiger partial charge in [-0.05, 0) is 61.8 Å². The summed E-state index contributed by atoms with van der Waals surface area (Å²) < 4.78 is 18.9. The molecule has 5 aromatic rings. The molecule has 0 bridgehead atoms. The number of amides is 1. The number of benzene rings is 2. The molecular formula is C32H31ClFN8O+. The third-order valence-electron chi connectivity index (χ3n) is 8.59. The first-order valence-electron chi connectivity index (χ1n) is 14.7. The fourth-order valence-corrected chi connectivity index (χ4v) is 6.32. The number of likely N-dealkylation sites (tertiary alicyclic amines) is 1. The van der Waals surface area contributed by atoms with E-state index in [1.165, 1.54) is 23.5 Å². The number of aromatic amines is 1. The number of hydrogen-bond acceptors (Lipinski definition) is 5. The number of piperidine rings is 1. The number of carbonyl (C=O) groups is 1. The molecule has 2 aromatic carbocycles. The van der Waals surface area contributed by atoms with E-state index in [-0.39, 0.29) is 28.8 Å². The molecule has 0 spiro atoms. The van der Waals surface area contributed by atoms with E-state index in [0.717, 1.165) is 55.6 Å². The number of aromatic nitrogens is 7. The molecule has 3 aromatic heterocycles. The molecule has 218 valence electrons. The van der Waals surface area contributed by atoms with Gasteiger partial charge in [0.2, 0.25) is 5.91 Å². The maximum absolute atomic E-state index is 15.4. The van der Waals surface area contributed by atoms with Gasteiger partial charge in [0, 0.05) is 42.5 Å². The molecule has 0 radical (unpaired) electrons. The molecular weight excluding hydrogens is 567 g/mol. The van der Waals surface area contributed by atoms with Gasteiger partial charge in [-0.2, -0.15) is 5.10 Å². The van der Waals surface area contributed by atoms with Crippen LogP contribution in [-0.2, 0) is 4.79 Å². The van der Waals surface area contributed by atoms with Crippen LogP contribution >= 0.6 is 11.6 Å². The molecule has 4 heterocycles. The Hall–Kier alpha value is -4.44. The highest BCUT2D eigenvalue weighted by atomic mass is 35.5. The third-order valence-corrected chi connectivity index (χ3v) is 8.88. The summed E-state index contributed by atoms with van der Waals surface area (Å²) in [7, 11) is 0. The third kappa shape index (κ3) is 5.54. The molecule has 7 rings (SSSR count). The molecule has 9 nitrogen and oxygen atoms in total. The Morgan fingerprint density at radius 1 is 1.02 bits per heavy atom.